The molecule has 34 heavy (non-hydrogen) atoms. The lowest BCUT2D eigenvalue weighted by Crippen LogP contribution is -2.21. The number of thiazole rings is 2. The summed E-state index contributed by atoms with van der Waals surface area (Å²) in [5, 5.41) is 6.36. The first kappa shape index (κ1) is 21.0. The molecule has 0 saturated heterocycles. The van der Waals surface area contributed by atoms with Gasteiger partial charge >= 0.3 is 6.09 Å². The smallest absolute Gasteiger partial charge is 0.415 e. The number of rotatable bonds is 6. The van der Waals surface area contributed by atoms with Gasteiger partial charge in [-0.1, -0.05) is 48.5 Å². The summed E-state index contributed by atoms with van der Waals surface area (Å²) < 4.78 is 10.2. The largest absolute Gasteiger partial charge is 0.422 e. The number of nitrogens with zero attached hydrogens (tertiary/aromatic N) is 2. The van der Waals surface area contributed by atoms with Crippen LogP contribution in [0.2, 0.25) is 0 Å². The third kappa shape index (κ3) is 3.96. The van der Waals surface area contributed by atoms with Crippen molar-refractivity contribution >= 4 is 44.9 Å². The van der Waals surface area contributed by atoms with Crippen molar-refractivity contribution in [2.24, 2.45) is 0 Å². The Bertz CT molecular complexity index is 1320. The van der Waals surface area contributed by atoms with Gasteiger partial charge in [-0.05, 0) is 11.1 Å². The predicted octanol–water partition coefficient (Wildman–Crippen LogP) is 4.90. The average molecular weight is 491 g/mol. The summed E-state index contributed by atoms with van der Waals surface area (Å²) in [6.45, 7) is -0.606. The minimum Gasteiger partial charge on any atom is -0.422 e. The topological polar surface area (TPSA) is 102 Å². The summed E-state index contributed by atoms with van der Waals surface area (Å²) in [7, 11) is 0. The van der Waals surface area contributed by atoms with Crippen molar-refractivity contribution in [2.45, 2.75) is 12.8 Å². The molecule has 0 saturated carbocycles. The number of amides is 2. The Morgan fingerprint density at radius 1 is 0.824 bits per heavy atom. The lowest BCUT2D eigenvalue weighted by molar-refractivity contribution is -0.124. The van der Waals surface area contributed by atoms with Gasteiger partial charge in [0.05, 0.1) is 11.4 Å². The van der Waals surface area contributed by atoms with E-state index < -0.39 is 6.09 Å². The summed E-state index contributed by atoms with van der Waals surface area (Å²) in [6.07, 6.45) is 0.955. The lowest BCUT2D eigenvalue weighted by atomic mass is 10.1. The normalized spacial score (nSPS) is 12.5. The molecule has 2 aliphatic carbocycles. The molecule has 0 unspecified atom stereocenters. The number of carbonyl (C=O) groups is 2. The number of aromatic nitrogens is 2. The van der Waals surface area contributed by atoms with Crippen molar-refractivity contribution in [1.29, 1.82) is 0 Å². The van der Waals surface area contributed by atoms with Crippen LogP contribution in [-0.4, -0.2) is 35.4 Å². The molecule has 2 aromatic heterocycles. The Balaban J connectivity index is 0.954. The van der Waals surface area contributed by atoms with Gasteiger partial charge in [-0.3, -0.25) is 15.4 Å². The molecule has 0 fully saturated rings. The molecule has 2 N–H and O–H groups in total. The zero-order chi connectivity index (χ0) is 23.1. The quantitative estimate of drug-likeness (QED) is 0.254. The van der Waals surface area contributed by atoms with Crippen LogP contribution < -0.4 is 10.6 Å². The number of nitrogens with one attached hydrogen (secondary N) is 2. The Labute approximate surface area is 202 Å². The zero-order valence-corrected chi connectivity index (χ0v) is 19.4. The van der Waals surface area contributed by atoms with Gasteiger partial charge in [0.15, 0.2) is 17.1 Å². The summed E-state index contributed by atoms with van der Waals surface area (Å²) in [6, 6.07) is 16.2. The highest BCUT2D eigenvalue weighted by atomic mass is 32.1. The van der Waals surface area contributed by atoms with Crippen molar-refractivity contribution in [3.63, 3.8) is 0 Å². The summed E-state index contributed by atoms with van der Waals surface area (Å²) in [4.78, 5) is 35.5. The van der Waals surface area contributed by atoms with Gasteiger partial charge in [0.2, 0.25) is 0 Å². The third-order valence-corrected chi connectivity index (χ3v) is 7.55. The van der Waals surface area contributed by atoms with Crippen molar-refractivity contribution in [3.05, 3.63) is 69.4 Å². The second-order valence-corrected chi connectivity index (χ2v) is 9.99. The fourth-order valence-corrected chi connectivity index (χ4v) is 6.14. The number of ether oxygens (including phenoxy) is 2. The van der Waals surface area contributed by atoms with Gasteiger partial charge in [-0.15, -0.1) is 22.7 Å². The minimum absolute atomic E-state index is 0.254. The van der Waals surface area contributed by atoms with Crippen LogP contribution in [-0.2, 0) is 27.1 Å². The maximum atomic E-state index is 12.2. The van der Waals surface area contributed by atoms with E-state index in [9.17, 15) is 9.59 Å². The fraction of sp³-hybridized carbons (Fsp3) is 0.167. The van der Waals surface area contributed by atoms with E-state index in [1.807, 2.05) is 36.4 Å². The Kier molecular flexibility index (Phi) is 5.33. The SMILES string of the molecule is O=C(COCOC(=O)Nc1nc2c(s1)Cc1ccccc1-2)Nc1nc2c(s1)Cc1ccccc1-2. The highest BCUT2D eigenvalue weighted by Gasteiger charge is 2.24. The van der Waals surface area contributed by atoms with Crippen LogP contribution in [0.4, 0.5) is 15.1 Å². The van der Waals surface area contributed by atoms with Crippen LogP contribution in [0.3, 0.4) is 0 Å². The molecule has 2 heterocycles. The standard InChI is InChI=1S/C24H18N4O4S2/c29-19(25-22-26-20-15-7-3-1-5-13(15)9-17(20)33-22)11-31-12-32-24(30)28-23-27-21-16-8-4-2-6-14(16)10-18(21)34-23/h1-8H,9-12H2,(H,25,26,29)(H,27,28,30). The Hall–Kier alpha value is -3.60. The molecule has 2 aliphatic rings. The number of hydrogen-bond donors (Lipinski definition) is 2. The maximum absolute atomic E-state index is 12.2. The van der Waals surface area contributed by atoms with E-state index >= 15 is 0 Å². The molecule has 0 aliphatic heterocycles. The molecule has 2 amide bonds. The monoisotopic (exact) mass is 490 g/mol. The molecule has 0 atom stereocenters. The molecule has 10 heteroatoms. The van der Waals surface area contributed by atoms with Crippen LogP contribution in [0.1, 0.15) is 20.9 Å². The first-order valence-corrected chi connectivity index (χ1v) is 12.2. The van der Waals surface area contributed by atoms with Crippen LogP contribution >= 0.6 is 22.7 Å². The van der Waals surface area contributed by atoms with Gasteiger partial charge in [-0.2, -0.15) is 0 Å². The molecule has 0 radical (unpaired) electrons. The number of hydrogen-bond acceptors (Lipinski definition) is 8. The molecular weight excluding hydrogens is 472 g/mol. The van der Waals surface area contributed by atoms with Crippen molar-refractivity contribution in [3.8, 4) is 22.5 Å². The molecule has 8 nitrogen and oxygen atoms in total. The first-order valence-electron chi connectivity index (χ1n) is 10.6. The first-order chi connectivity index (χ1) is 16.6. The second kappa shape index (κ2) is 8.64. The minimum atomic E-state index is -0.684. The zero-order valence-electron chi connectivity index (χ0n) is 17.8. The maximum Gasteiger partial charge on any atom is 0.415 e. The molecule has 4 aromatic rings. The van der Waals surface area contributed by atoms with E-state index in [4.69, 9.17) is 9.47 Å². The molecule has 170 valence electrons. The van der Waals surface area contributed by atoms with E-state index in [0.717, 1.165) is 45.1 Å². The van der Waals surface area contributed by atoms with Crippen molar-refractivity contribution in [2.75, 3.05) is 24.0 Å². The van der Waals surface area contributed by atoms with Gasteiger partial charge in [0.25, 0.3) is 5.91 Å². The van der Waals surface area contributed by atoms with Crippen molar-refractivity contribution in [1.82, 2.24) is 9.97 Å². The average Bonchev–Trinajstić information content (AvgIpc) is 3.55. The molecule has 2 aromatic carbocycles. The number of carbonyl (C=O) groups excluding carboxylic acids is 2. The molecule has 0 bridgehead atoms. The van der Waals surface area contributed by atoms with Gasteiger partial charge in [-0.25, -0.2) is 14.8 Å². The van der Waals surface area contributed by atoms with Gasteiger partial charge in [0.1, 0.15) is 6.61 Å². The van der Waals surface area contributed by atoms with E-state index in [1.165, 1.54) is 33.8 Å². The van der Waals surface area contributed by atoms with E-state index in [1.54, 1.807) is 0 Å². The highest BCUT2D eigenvalue weighted by molar-refractivity contribution is 7.16. The highest BCUT2D eigenvalue weighted by Crippen LogP contribution is 2.41. The van der Waals surface area contributed by atoms with Crippen LogP contribution in [0.15, 0.2) is 48.5 Å². The number of fused-ring (bicyclic) bond motifs is 6. The lowest BCUT2D eigenvalue weighted by Gasteiger charge is -2.06. The fourth-order valence-electron chi connectivity index (χ4n) is 4.14. The Morgan fingerprint density at radius 2 is 1.38 bits per heavy atom. The predicted molar refractivity (Wildman–Crippen MR) is 130 cm³/mol. The van der Waals surface area contributed by atoms with Crippen LogP contribution in [0, 0.1) is 0 Å². The number of anilines is 2. The van der Waals surface area contributed by atoms with Crippen LogP contribution in [0.25, 0.3) is 22.5 Å². The van der Waals surface area contributed by atoms with E-state index in [-0.39, 0.29) is 19.3 Å². The third-order valence-electron chi connectivity index (χ3n) is 5.60. The molecule has 6 rings (SSSR count). The van der Waals surface area contributed by atoms with Gasteiger partial charge in [0, 0.05) is 33.7 Å². The molecule has 0 spiro atoms. The van der Waals surface area contributed by atoms with E-state index in [0.29, 0.717) is 10.3 Å². The van der Waals surface area contributed by atoms with Gasteiger partial charge < -0.3 is 9.47 Å². The summed E-state index contributed by atoms with van der Waals surface area (Å²) in [5.41, 5.74) is 6.53. The molecular formula is C24H18N4O4S2. The van der Waals surface area contributed by atoms with Crippen molar-refractivity contribution < 1.29 is 19.1 Å². The summed E-state index contributed by atoms with van der Waals surface area (Å²) >= 11 is 2.88. The Morgan fingerprint density at radius 3 is 2.00 bits per heavy atom. The summed E-state index contributed by atoms with van der Waals surface area (Å²) in [5.74, 6) is -0.361. The van der Waals surface area contributed by atoms with E-state index in [2.05, 4.69) is 32.7 Å². The number of benzene rings is 2. The van der Waals surface area contributed by atoms with Crippen LogP contribution in [0.5, 0.6) is 0 Å². The second-order valence-electron chi connectivity index (χ2n) is 7.82.